The number of anilines is 1. The number of carbonyl (C=O) groups excluding carboxylic acids is 1. The number of aromatic nitrogens is 1. The van der Waals surface area contributed by atoms with E-state index < -0.39 is 16.9 Å². The number of nitrogens with zero attached hydrogens (tertiary/aromatic N) is 2. The van der Waals surface area contributed by atoms with Crippen molar-refractivity contribution < 1.29 is 9.00 Å². The van der Waals surface area contributed by atoms with Crippen molar-refractivity contribution in [3.63, 3.8) is 0 Å². The number of Topliss-reactive ketones (excluding diaryl/α,β-unsaturated/α-hetero) is 1. The zero-order valence-corrected chi connectivity index (χ0v) is 14.5. The van der Waals surface area contributed by atoms with Gasteiger partial charge in [0.1, 0.15) is 16.9 Å². The molecule has 1 aromatic carbocycles. The minimum atomic E-state index is -1.17. The number of benzene rings is 1. The highest BCUT2D eigenvalue weighted by molar-refractivity contribution is 7.85. The van der Waals surface area contributed by atoms with Crippen molar-refractivity contribution in [2.75, 3.05) is 31.6 Å². The molecule has 2 N–H and O–H groups in total. The monoisotopic (exact) mass is 332 g/mol. The normalized spacial score (nSPS) is 13.7. The highest BCUT2D eigenvalue weighted by Crippen LogP contribution is 2.25. The number of fused-ring (bicyclic) bond motifs is 1. The lowest BCUT2D eigenvalue weighted by Gasteiger charge is -2.12. The Kier molecular flexibility index (Phi) is 5.19. The molecular weight excluding hydrogens is 312 g/mol. The Morgan fingerprint density at radius 3 is 2.70 bits per heavy atom. The van der Waals surface area contributed by atoms with Crippen molar-refractivity contribution in [3.8, 4) is 6.07 Å². The fourth-order valence-electron chi connectivity index (χ4n) is 2.43. The largest absolute Gasteiger partial charge is 0.352 e. The lowest BCUT2D eigenvalue weighted by Crippen LogP contribution is -2.27. The lowest BCUT2D eigenvalue weighted by molar-refractivity contribution is 0.0928. The Morgan fingerprint density at radius 1 is 1.43 bits per heavy atom. The van der Waals surface area contributed by atoms with Gasteiger partial charge in [-0.05, 0) is 44.8 Å². The lowest BCUT2D eigenvalue weighted by atomic mass is 10.0. The zero-order chi connectivity index (χ0) is 17.1. The van der Waals surface area contributed by atoms with Gasteiger partial charge in [-0.1, -0.05) is 0 Å². The first-order chi connectivity index (χ1) is 10.8. The smallest absolute Gasteiger partial charge is 0.197 e. The van der Waals surface area contributed by atoms with E-state index >= 15 is 0 Å². The standard InChI is InChI=1S/C16H20N4O2S/c1-10-5-11-6-15(16(21)12(8-17)9-20(2)3)18-14(11)7-13(10)19-23(4)22/h5-7,12,18-19H,9H2,1-4H3. The first-order valence-electron chi connectivity index (χ1n) is 7.14. The van der Waals surface area contributed by atoms with Crippen LogP contribution in [0.15, 0.2) is 18.2 Å². The van der Waals surface area contributed by atoms with Gasteiger partial charge in [-0.3, -0.25) is 4.79 Å². The summed E-state index contributed by atoms with van der Waals surface area (Å²) < 4.78 is 14.2. The van der Waals surface area contributed by atoms with Crippen LogP contribution in [-0.4, -0.2) is 46.8 Å². The predicted octanol–water partition coefficient (Wildman–Crippen LogP) is 2.07. The number of carbonyl (C=O) groups is 1. The first-order valence-corrected chi connectivity index (χ1v) is 8.69. The summed E-state index contributed by atoms with van der Waals surface area (Å²) in [6.07, 6.45) is 1.56. The quantitative estimate of drug-likeness (QED) is 0.793. The topological polar surface area (TPSA) is 89.0 Å². The number of aromatic amines is 1. The molecule has 2 rings (SSSR count). The first kappa shape index (κ1) is 17.2. The molecule has 23 heavy (non-hydrogen) atoms. The molecule has 7 heteroatoms. The number of H-pyrrole nitrogens is 1. The molecule has 2 atom stereocenters. The summed E-state index contributed by atoms with van der Waals surface area (Å²) in [4.78, 5) is 17.4. The van der Waals surface area contributed by atoms with Crippen LogP contribution in [-0.2, 0) is 11.0 Å². The number of aryl methyl sites for hydroxylation is 1. The van der Waals surface area contributed by atoms with Crippen LogP contribution in [0.25, 0.3) is 10.9 Å². The van der Waals surface area contributed by atoms with Gasteiger partial charge >= 0.3 is 0 Å². The van der Waals surface area contributed by atoms with E-state index in [1.165, 1.54) is 0 Å². The Morgan fingerprint density at radius 2 is 2.13 bits per heavy atom. The molecule has 0 radical (unpaired) electrons. The molecule has 0 aliphatic carbocycles. The minimum Gasteiger partial charge on any atom is -0.352 e. The molecule has 6 nitrogen and oxygen atoms in total. The Balaban J connectivity index is 2.38. The van der Waals surface area contributed by atoms with Crippen molar-refractivity contribution in [3.05, 3.63) is 29.5 Å². The van der Waals surface area contributed by atoms with Gasteiger partial charge in [0, 0.05) is 23.7 Å². The fourth-order valence-corrected chi connectivity index (χ4v) is 2.96. The van der Waals surface area contributed by atoms with E-state index in [1.54, 1.807) is 12.3 Å². The SMILES string of the molecule is Cc1cc2cc(C(=O)C(C#N)CN(C)C)[nH]c2cc1NS(C)=O. The van der Waals surface area contributed by atoms with Crippen LogP contribution in [0.2, 0.25) is 0 Å². The summed E-state index contributed by atoms with van der Waals surface area (Å²) in [6.45, 7) is 2.29. The third kappa shape index (κ3) is 3.97. The van der Waals surface area contributed by atoms with Crippen LogP contribution < -0.4 is 4.72 Å². The Labute approximate surface area is 138 Å². The van der Waals surface area contributed by atoms with E-state index in [4.69, 9.17) is 0 Å². The van der Waals surface area contributed by atoms with Gasteiger partial charge in [0.25, 0.3) is 0 Å². The van der Waals surface area contributed by atoms with Crippen molar-refractivity contribution in [1.29, 1.82) is 5.26 Å². The number of hydrogen-bond acceptors (Lipinski definition) is 4. The van der Waals surface area contributed by atoms with Crippen LogP contribution in [0.4, 0.5) is 5.69 Å². The summed E-state index contributed by atoms with van der Waals surface area (Å²) in [6, 6.07) is 7.57. The second-order valence-corrected chi connectivity index (χ2v) is 6.91. The Bertz CT molecular complexity index is 804. The summed E-state index contributed by atoms with van der Waals surface area (Å²) in [7, 11) is 2.49. The molecule has 0 saturated carbocycles. The number of ketones is 1. The summed E-state index contributed by atoms with van der Waals surface area (Å²) in [5.74, 6) is -0.927. The summed E-state index contributed by atoms with van der Waals surface area (Å²) in [5, 5.41) is 10.1. The van der Waals surface area contributed by atoms with E-state index in [-0.39, 0.29) is 5.78 Å². The van der Waals surface area contributed by atoms with E-state index in [2.05, 4.69) is 15.8 Å². The van der Waals surface area contributed by atoms with Crippen LogP contribution >= 0.6 is 0 Å². The van der Waals surface area contributed by atoms with Gasteiger partial charge in [-0.15, -0.1) is 0 Å². The fraction of sp³-hybridized carbons (Fsp3) is 0.375. The molecule has 0 spiro atoms. The average Bonchev–Trinajstić information content (AvgIpc) is 2.86. The Hall–Kier alpha value is -2.17. The summed E-state index contributed by atoms with van der Waals surface area (Å²) >= 11 is 0. The average molecular weight is 332 g/mol. The third-order valence-electron chi connectivity index (χ3n) is 3.50. The van der Waals surface area contributed by atoms with Gasteiger partial charge in [0.05, 0.1) is 17.5 Å². The molecule has 1 heterocycles. The van der Waals surface area contributed by atoms with Gasteiger partial charge < -0.3 is 14.6 Å². The predicted molar refractivity (Wildman–Crippen MR) is 92.7 cm³/mol. The molecule has 2 unspecified atom stereocenters. The van der Waals surface area contributed by atoms with E-state index in [0.29, 0.717) is 12.2 Å². The van der Waals surface area contributed by atoms with E-state index in [0.717, 1.165) is 22.2 Å². The molecule has 0 bridgehead atoms. The van der Waals surface area contributed by atoms with Crippen LogP contribution in [0.3, 0.4) is 0 Å². The number of nitriles is 1. The van der Waals surface area contributed by atoms with Crippen molar-refractivity contribution >= 4 is 33.4 Å². The molecule has 0 aliphatic rings. The second kappa shape index (κ2) is 6.94. The third-order valence-corrected chi connectivity index (χ3v) is 4.01. The number of rotatable bonds is 6. The highest BCUT2D eigenvalue weighted by atomic mass is 32.2. The second-order valence-electron chi connectivity index (χ2n) is 5.80. The number of nitrogens with one attached hydrogen (secondary N) is 2. The molecule has 2 aromatic rings. The molecule has 1 aromatic heterocycles. The van der Waals surface area contributed by atoms with Crippen LogP contribution in [0.5, 0.6) is 0 Å². The summed E-state index contributed by atoms with van der Waals surface area (Å²) in [5.41, 5.74) is 2.89. The van der Waals surface area contributed by atoms with Crippen molar-refractivity contribution in [2.45, 2.75) is 6.92 Å². The zero-order valence-electron chi connectivity index (χ0n) is 13.6. The molecule has 0 fully saturated rings. The molecule has 0 amide bonds. The van der Waals surface area contributed by atoms with Gasteiger partial charge in [0.2, 0.25) is 0 Å². The molecule has 122 valence electrons. The van der Waals surface area contributed by atoms with E-state index in [9.17, 15) is 14.3 Å². The number of hydrogen-bond donors (Lipinski definition) is 2. The molecule has 0 aliphatic heterocycles. The van der Waals surface area contributed by atoms with E-state index in [1.807, 2.05) is 38.1 Å². The maximum absolute atomic E-state index is 12.5. The van der Waals surface area contributed by atoms with Gasteiger partial charge in [-0.2, -0.15) is 5.26 Å². The molecule has 0 saturated heterocycles. The van der Waals surface area contributed by atoms with Crippen molar-refractivity contribution in [2.24, 2.45) is 5.92 Å². The van der Waals surface area contributed by atoms with Crippen molar-refractivity contribution in [1.82, 2.24) is 9.88 Å². The highest BCUT2D eigenvalue weighted by Gasteiger charge is 2.22. The van der Waals surface area contributed by atoms with Gasteiger partial charge in [0.15, 0.2) is 5.78 Å². The maximum Gasteiger partial charge on any atom is 0.197 e. The minimum absolute atomic E-state index is 0.219. The maximum atomic E-state index is 12.5. The van der Waals surface area contributed by atoms with Gasteiger partial charge in [-0.25, -0.2) is 4.21 Å². The molecular formula is C16H20N4O2S. The van der Waals surface area contributed by atoms with Crippen LogP contribution in [0, 0.1) is 24.2 Å². The van der Waals surface area contributed by atoms with Crippen LogP contribution in [0.1, 0.15) is 16.1 Å².